The summed E-state index contributed by atoms with van der Waals surface area (Å²) in [7, 11) is 2.10. The van der Waals surface area contributed by atoms with Gasteiger partial charge in [-0.2, -0.15) is 5.26 Å². The van der Waals surface area contributed by atoms with Gasteiger partial charge in [0.25, 0.3) is 0 Å². The summed E-state index contributed by atoms with van der Waals surface area (Å²) >= 11 is 0. The molecule has 3 nitrogen and oxygen atoms in total. The van der Waals surface area contributed by atoms with Gasteiger partial charge in [0.2, 0.25) is 0 Å². The maximum atomic E-state index is 9.05. The molecule has 2 rings (SSSR count). The van der Waals surface area contributed by atoms with Crippen molar-refractivity contribution in [1.29, 1.82) is 5.26 Å². The Morgan fingerprint density at radius 2 is 2.06 bits per heavy atom. The molecule has 1 aliphatic rings. The first-order chi connectivity index (χ1) is 8.77. The third kappa shape index (κ3) is 2.90. The molecule has 0 heterocycles. The van der Waals surface area contributed by atoms with Crippen molar-refractivity contribution in [3.05, 3.63) is 35.9 Å². The summed E-state index contributed by atoms with van der Waals surface area (Å²) in [6.07, 6.45) is 3.07. The Kier molecular flexibility index (Phi) is 4.35. The Morgan fingerprint density at radius 3 is 2.56 bits per heavy atom. The van der Waals surface area contributed by atoms with Crippen LogP contribution in [0.5, 0.6) is 0 Å². The second kappa shape index (κ2) is 5.99. The minimum atomic E-state index is 0.158. The SMILES string of the molecule is CN(C(CC#N)c1ccccc1)C(CN)C1CC1. The van der Waals surface area contributed by atoms with Crippen molar-refractivity contribution in [2.24, 2.45) is 11.7 Å². The molecule has 0 radical (unpaired) electrons. The summed E-state index contributed by atoms with van der Waals surface area (Å²) in [5, 5.41) is 9.05. The van der Waals surface area contributed by atoms with E-state index in [1.165, 1.54) is 18.4 Å². The smallest absolute Gasteiger partial charge is 0.0641 e. The molecule has 1 aliphatic carbocycles. The molecule has 1 saturated carbocycles. The average Bonchev–Trinajstić information content (AvgIpc) is 3.22. The number of nitriles is 1. The molecule has 18 heavy (non-hydrogen) atoms. The fourth-order valence-corrected chi connectivity index (χ4v) is 2.66. The fourth-order valence-electron chi connectivity index (χ4n) is 2.66. The number of hydrogen-bond acceptors (Lipinski definition) is 3. The molecule has 1 aromatic carbocycles. The second-order valence-electron chi connectivity index (χ2n) is 5.09. The third-order valence-corrected chi connectivity index (χ3v) is 3.89. The van der Waals surface area contributed by atoms with Gasteiger partial charge in [0.1, 0.15) is 0 Å². The summed E-state index contributed by atoms with van der Waals surface area (Å²) in [5.41, 5.74) is 7.11. The molecule has 2 N–H and O–H groups in total. The van der Waals surface area contributed by atoms with E-state index in [2.05, 4.69) is 30.1 Å². The highest BCUT2D eigenvalue weighted by molar-refractivity contribution is 5.20. The van der Waals surface area contributed by atoms with Gasteiger partial charge in [0, 0.05) is 18.6 Å². The van der Waals surface area contributed by atoms with Crippen LogP contribution in [0.4, 0.5) is 0 Å². The molecule has 0 spiro atoms. The maximum Gasteiger partial charge on any atom is 0.0641 e. The van der Waals surface area contributed by atoms with Crippen LogP contribution < -0.4 is 5.73 Å². The first-order valence-electron chi connectivity index (χ1n) is 6.61. The van der Waals surface area contributed by atoms with E-state index in [-0.39, 0.29) is 6.04 Å². The molecular formula is C15H21N3. The van der Waals surface area contributed by atoms with Crippen LogP contribution in [0, 0.1) is 17.2 Å². The second-order valence-corrected chi connectivity index (χ2v) is 5.09. The lowest BCUT2D eigenvalue weighted by atomic mass is 10.00. The van der Waals surface area contributed by atoms with E-state index in [1.54, 1.807) is 0 Å². The lowest BCUT2D eigenvalue weighted by molar-refractivity contribution is 0.161. The number of hydrogen-bond donors (Lipinski definition) is 1. The topological polar surface area (TPSA) is 53.0 Å². The van der Waals surface area contributed by atoms with Gasteiger partial charge in [0.15, 0.2) is 0 Å². The molecule has 1 aromatic rings. The monoisotopic (exact) mass is 243 g/mol. The molecule has 1 fully saturated rings. The molecule has 0 aromatic heterocycles. The zero-order valence-electron chi connectivity index (χ0n) is 10.9. The van der Waals surface area contributed by atoms with E-state index in [4.69, 9.17) is 11.0 Å². The van der Waals surface area contributed by atoms with Crippen LogP contribution in [0.25, 0.3) is 0 Å². The first-order valence-corrected chi connectivity index (χ1v) is 6.61. The number of likely N-dealkylation sites (N-methyl/N-ethyl adjacent to an activating group) is 1. The number of rotatable bonds is 6. The predicted octanol–water partition coefficient (Wildman–Crippen LogP) is 2.31. The highest BCUT2D eigenvalue weighted by atomic mass is 15.2. The van der Waals surface area contributed by atoms with Crippen LogP contribution >= 0.6 is 0 Å². The minimum Gasteiger partial charge on any atom is -0.329 e. The van der Waals surface area contributed by atoms with Crippen LogP contribution in [0.1, 0.15) is 30.9 Å². The Morgan fingerprint density at radius 1 is 1.39 bits per heavy atom. The molecule has 2 atom stereocenters. The zero-order chi connectivity index (χ0) is 13.0. The van der Waals surface area contributed by atoms with Crippen molar-refractivity contribution in [2.45, 2.75) is 31.3 Å². The van der Waals surface area contributed by atoms with Crippen molar-refractivity contribution in [1.82, 2.24) is 4.90 Å². The largest absolute Gasteiger partial charge is 0.329 e. The zero-order valence-corrected chi connectivity index (χ0v) is 10.9. The van der Waals surface area contributed by atoms with Crippen LogP contribution in [-0.2, 0) is 0 Å². The van der Waals surface area contributed by atoms with Crippen molar-refractivity contribution < 1.29 is 0 Å². The van der Waals surface area contributed by atoms with Gasteiger partial charge < -0.3 is 5.73 Å². The highest BCUT2D eigenvalue weighted by Crippen LogP contribution is 2.37. The molecule has 3 heteroatoms. The predicted molar refractivity (Wildman–Crippen MR) is 72.7 cm³/mol. The lowest BCUT2D eigenvalue weighted by Gasteiger charge is -2.34. The molecule has 0 amide bonds. The van der Waals surface area contributed by atoms with Gasteiger partial charge in [-0.25, -0.2) is 0 Å². The van der Waals surface area contributed by atoms with E-state index in [0.29, 0.717) is 19.0 Å². The van der Waals surface area contributed by atoms with Gasteiger partial charge in [-0.3, -0.25) is 4.90 Å². The number of benzene rings is 1. The molecule has 0 bridgehead atoms. The first kappa shape index (κ1) is 13.1. The Balaban J connectivity index is 2.16. The lowest BCUT2D eigenvalue weighted by Crippen LogP contribution is -2.41. The van der Waals surface area contributed by atoms with Crippen molar-refractivity contribution in [3.8, 4) is 6.07 Å². The van der Waals surface area contributed by atoms with Crippen molar-refractivity contribution in [3.63, 3.8) is 0 Å². The maximum absolute atomic E-state index is 9.05. The Hall–Kier alpha value is -1.37. The highest BCUT2D eigenvalue weighted by Gasteiger charge is 2.35. The van der Waals surface area contributed by atoms with E-state index < -0.39 is 0 Å². The summed E-state index contributed by atoms with van der Waals surface area (Å²) in [6.45, 7) is 0.677. The van der Waals surface area contributed by atoms with Gasteiger partial charge in [-0.15, -0.1) is 0 Å². The Bertz CT molecular complexity index is 405. The van der Waals surface area contributed by atoms with E-state index in [9.17, 15) is 0 Å². The number of nitrogens with two attached hydrogens (primary N) is 1. The minimum absolute atomic E-state index is 0.158. The van der Waals surface area contributed by atoms with E-state index in [0.717, 1.165) is 5.92 Å². The van der Waals surface area contributed by atoms with E-state index >= 15 is 0 Å². The molecular weight excluding hydrogens is 222 g/mol. The molecule has 96 valence electrons. The summed E-state index contributed by atoms with van der Waals surface area (Å²) < 4.78 is 0. The van der Waals surface area contributed by atoms with Gasteiger partial charge >= 0.3 is 0 Å². The third-order valence-electron chi connectivity index (χ3n) is 3.89. The molecule has 0 aliphatic heterocycles. The summed E-state index contributed by atoms with van der Waals surface area (Å²) in [5.74, 6) is 0.727. The van der Waals surface area contributed by atoms with Crippen LogP contribution in [-0.4, -0.2) is 24.5 Å². The number of nitrogens with zero attached hydrogens (tertiary/aromatic N) is 2. The van der Waals surface area contributed by atoms with Crippen molar-refractivity contribution in [2.75, 3.05) is 13.6 Å². The van der Waals surface area contributed by atoms with Crippen LogP contribution in [0.15, 0.2) is 30.3 Å². The van der Waals surface area contributed by atoms with Crippen LogP contribution in [0.3, 0.4) is 0 Å². The van der Waals surface area contributed by atoms with Crippen LogP contribution in [0.2, 0.25) is 0 Å². The van der Waals surface area contributed by atoms with Crippen molar-refractivity contribution >= 4 is 0 Å². The fraction of sp³-hybridized carbons (Fsp3) is 0.533. The summed E-state index contributed by atoms with van der Waals surface area (Å²) in [4.78, 5) is 2.30. The van der Waals surface area contributed by atoms with Gasteiger partial charge in [-0.05, 0) is 31.4 Å². The van der Waals surface area contributed by atoms with E-state index in [1.807, 2.05) is 18.2 Å². The quantitative estimate of drug-likeness (QED) is 0.834. The van der Waals surface area contributed by atoms with Gasteiger partial charge in [0.05, 0.1) is 12.5 Å². The molecule has 0 saturated heterocycles. The summed E-state index contributed by atoms with van der Waals surface area (Å²) in [6, 6.07) is 13.1. The normalized spacial score (nSPS) is 18.3. The Labute approximate surface area is 109 Å². The standard InChI is InChI=1S/C15H21N3/c1-18(15(11-17)13-7-8-13)14(9-10-16)12-5-3-2-4-6-12/h2-6,13-15H,7-9,11,17H2,1H3. The van der Waals surface area contributed by atoms with Gasteiger partial charge in [-0.1, -0.05) is 30.3 Å². The average molecular weight is 243 g/mol. The molecule has 2 unspecified atom stereocenters.